The maximum Gasteiger partial charge on any atom is 0.150 e. The van der Waals surface area contributed by atoms with Gasteiger partial charge in [0.15, 0.2) is 11.6 Å². The summed E-state index contributed by atoms with van der Waals surface area (Å²) in [5.74, 6) is -0.0581. The number of hydrogen-bond donors (Lipinski definition) is 0. The van der Waals surface area contributed by atoms with Crippen LogP contribution in [0.25, 0.3) is 0 Å². The fourth-order valence-corrected chi connectivity index (χ4v) is 2.21. The summed E-state index contributed by atoms with van der Waals surface area (Å²) in [4.78, 5) is 23.8. The predicted octanol–water partition coefficient (Wildman–Crippen LogP) is 3.01. The summed E-state index contributed by atoms with van der Waals surface area (Å²) in [6, 6.07) is 0. The Morgan fingerprint density at radius 1 is 1.47 bits per heavy atom. The van der Waals surface area contributed by atoms with Crippen molar-refractivity contribution in [3.63, 3.8) is 0 Å². The molecule has 1 saturated carbocycles. The van der Waals surface area contributed by atoms with Crippen LogP contribution >= 0.6 is 11.6 Å². The summed E-state index contributed by atoms with van der Waals surface area (Å²) in [7, 11) is 0. The Balaban J connectivity index is 3.15. The molecular weight excluding hydrogens is 212 g/mol. The number of hydrogen-bond acceptors (Lipinski definition) is 2. The summed E-state index contributed by atoms with van der Waals surface area (Å²) in [6.45, 7) is 5.28. The van der Waals surface area contributed by atoms with Crippen molar-refractivity contribution < 1.29 is 9.59 Å². The molecule has 0 aromatic heterocycles. The molecule has 0 N–H and O–H groups in total. The highest BCUT2D eigenvalue weighted by atomic mass is 35.5. The minimum atomic E-state index is -1.02. The molecular formula is C12H15ClO2. The number of Topliss-reactive ketones (excluding diaryl/α,β-unsaturated/α-hetero) is 2. The molecule has 0 radical (unpaired) electrons. The topological polar surface area (TPSA) is 34.1 Å². The van der Waals surface area contributed by atoms with E-state index in [4.69, 9.17) is 11.6 Å². The summed E-state index contributed by atoms with van der Waals surface area (Å²) in [5, 5.41) is 0.487. The summed E-state index contributed by atoms with van der Waals surface area (Å²) in [5.41, 5.74) is -1.02. The van der Waals surface area contributed by atoms with Gasteiger partial charge in [-0.2, -0.15) is 0 Å². The van der Waals surface area contributed by atoms with Gasteiger partial charge in [-0.15, -0.1) is 6.58 Å². The van der Waals surface area contributed by atoms with Crippen molar-refractivity contribution in [3.8, 4) is 0 Å². The van der Waals surface area contributed by atoms with Crippen molar-refractivity contribution >= 4 is 23.2 Å². The molecule has 1 fully saturated rings. The van der Waals surface area contributed by atoms with Gasteiger partial charge in [0.2, 0.25) is 0 Å². The van der Waals surface area contributed by atoms with Gasteiger partial charge in [-0.25, -0.2) is 0 Å². The minimum absolute atomic E-state index is 0.0290. The minimum Gasteiger partial charge on any atom is -0.298 e. The number of rotatable bonds is 3. The highest BCUT2D eigenvalue weighted by Crippen LogP contribution is 2.36. The maximum absolute atomic E-state index is 11.9. The number of carbonyl (C=O) groups excluding carboxylic acids is 2. The molecule has 0 bridgehead atoms. The molecule has 0 unspecified atom stereocenters. The first-order valence-corrected chi connectivity index (χ1v) is 5.43. The number of ketones is 2. The van der Waals surface area contributed by atoms with Crippen molar-refractivity contribution in [1.82, 2.24) is 0 Å². The lowest BCUT2D eigenvalue weighted by Gasteiger charge is -2.30. The van der Waals surface area contributed by atoms with Gasteiger partial charge in [0.1, 0.15) is 5.41 Å². The molecule has 82 valence electrons. The number of halogens is 1. The zero-order chi connectivity index (χ0) is 11.5. The standard InChI is InChI=1S/C12H15ClO2/c1-3-7-12(8-9(2)13)10(14)5-4-6-11(12)15/h3,8H,1,4-7H2,2H3/b9-8-. The molecule has 2 nitrogen and oxygen atoms in total. The lowest BCUT2D eigenvalue weighted by Crippen LogP contribution is -2.40. The average molecular weight is 227 g/mol. The molecule has 0 spiro atoms. The van der Waals surface area contributed by atoms with E-state index in [2.05, 4.69) is 6.58 Å². The van der Waals surface area contributed by atoms with Crippen LogP contribution in [0.1, 0.15) is 32.6 Å². The maximum atomic E-state index is 11.9. The van der Waals surface area contributed by atoms with E-state index in [1.165, 1.54) is 0 Å². The molecule has 1 aliphatic carbocycles. The zero-order valence-corrected chi connectivity index (χ0v) is 9.64. The Morgan fingerprint density at radius 3 is 2.40 bits per heavy atom. The van der Waals surface area contributed by atoms with Gasteiger partial charge in [-0.1, -0.05) is 17.7 Å². The van der Waals surface area contributed by atoms with Gasteiger partial charge in [0, 0.05) is 17.9 Å². The molecule has 0 heterocycles. The van der Waals surface area contributed by atoms with E-state index >= 15 is 0 Å². The van der Waals surface area contributed by atoms with Crippen molar-refractivity contribution in [2.24, 2.45) is 5.41 Å². The second-order valence-electron chi connectivity index (χ2n) is 3.90. The Kier molecular flexibility index (Phi) is 3.86. The Morgan fingerprint density at radius 2 is 2.00 bits per heavy atom. The van der Waals surface area contributed by atoms with E-state index in [-0.39, 0.29) is 11.6 Å². The molecule has 0 aromatic rings. The molecule has 0 atom stereocenters. The van der Waals surface area contributed by atoms with Crippen LogP contribution in [0.15, 0.2) is 23.8 Å². The van der Waals surface area contributed by atoms with Crippen molar-refractivity contribution in [2.75, 3.05) is 0 Å². The quantitative estimate of drug-likeness (QED) is 0.548. The first-order chi connectivity index (χ1) is 7.03. The van der Waals surface area contributed by atoms with Crippen LogP contribution in [0.3, 0.4) is 0 Å². The van der Waals surface area contributed by atoms with E-state index in [1.807, 2.05) is 0 Å². The third kappa shape index (κ3) is 2.37. The lowest BCUT2D eigenvalue weighted by atomic mass is 9.69. The first-order valence-electron chi connectivity index (χ1n) is 5.05. The van der Waals surface area contributed by atoms with Gasteiger partial charge in [-0.05, 0) is 25.8 Å². The van der Waals surface area contributed by atoms with Crippen LogP contribution in [0.2, 0.25) is 0 Å². The summed E-state index contributed by atoms with van der Waals surface area (Å²) in [6.07, 6.45) is 5.12. The first kappa shape index (κ1) is 12.2. The third-order valence-electron chi connectivity index (χ3n) is 2.71. The summed E-state index contributed by atoms with van der Waals surface area (Å²) < 4.78 is 0. The molecule has 3 heteroatoms. The van der Waals surface area contributed by atoms with Crippen LogP contribution in [-0.4, -0.2) is 11.6 Å². The molecule has 1 rings (SSSR count). The molecule has 0 saturated heterocycles. The van der Waals surface area contributed by atoms with E-state index in [0.29, 0.717) is 30.7 Å². The van der Waals surface area contributed by atoms with Gasteiger partial charge in [-0.3, -0.25) is 9.59 Å². The lowest BCUT2D eigenvalue weighted by molar-refractivity contribution is -0.140. The van der Waals surface area contributed by atoms with E-state index in [9.17, 15) is 9.59 Å². The van der Waals surface area contributed by atoms with Crippen LogP contribution in [0, 0.1) is 5.41 Å². The van der Waals surface area contributed by atoms with E-state index in [0.717, 1.165) is 0 Å². The van der Waals surface area contributed by atoms with Gasteiger partial charge in [0.25, 0.3) is 0 Å². The Labute approximate surface area is 95.0 Å². The number of carbonyl (C=O) groups is 2. The largest absolute Gasteiger partial charge is 0.298 e. The van der Waals surface area contributed by atoms with Gasteiger partial charge < -0.3 is 0 Å². The summed E-state index contributed by atoms with van der Waals surface area (Å²) >= 11 is 5.79. The van der Waals surface area contributed by atoms with Crippen LogP contribution in [0.4, 0.5) is 0 Å². The average Bonchev–Trinajstić information content (AvgIpc) is 2.13. The second-order valence-corrected chi connectivity index (χ2v) is 4.49. The molecule has 1 aliphatic rings. The monoisotopic (exact) mass is 226 g/mol. The number of allylic oxidation sites excluding steroid dienone is 3. The van der Waals surface area contributed by atoms with E-state index < -0.39 is 5.41 Å². The van der Waals surface area contributed by atoms with Crippen molar-refractivity contribution in [2.45, 2.75) is 32.6 Å². The fraction of sp³-hybridized carbons (Fsp3) is 0.500. The van der Waals surface area contributed by atoms with Gasteiger partial charge in [0.05, 0.1) is 0 Å². The molecule has 0 amide bonds. The smallest absolute Gasteiger partial charge is 0.150 e. The zero-order valence-electron chi connectivity index (χ0n) is 8.88. The van der Waals surface area contributed by atoms with Crippen LogP contribution in [-0.2, 0) is 9.59 Å². The fourth-order valence-electron chi connectivity index (χ4n) is 2.03. The molecule has 0 aromatic carbocycles. The highest BCUT2D eigenvalue weighted by molar-refractivity contribution is 6.30. The molecule has 0 aliphatic heterocycles. The normalized spacial score (nSPS) is 21.6. The molecule has 15 heavy (non-hydrogen) atoms. The second kappa shape index (κ2) is 4.75. The van der Waals surface area contributed by atoms with Crippen molar-refractivity contribution in [3.05, 3.63) is 23.8 Å². The predicted molar refractivity (Wildman–Crippen MR) is 60.7 cm³/mol. The Bertz CT molecular complexity index is 309. The van der Waals surface area contributed by atoms with Crippen LogP contribution in [0.5, 0.6) is 0 Å². The third-order valence-corrected chi connectivity index (χ3v) is 2.82. The van der Waals surface area contributed by atoms with E-state index in [1.54, 1.807) is 19.1 Å². The van der Waals surface area contributed by atoms with Crippen LogP contribution < -0.4 is 0 Å². The highest BCUT2D eigenvalue weighted by Gasteiger charge is 2.43. The van der Waals surface area contributed by atoms with Gasteiger partial charge >= 0.3 is 0 Å². The van der Waals surface area contributed by atoms with Crippen molar-refractivity contribution in [1.29, 1.82) is 0 Å². The SMILES string of the molecule is C=CCC1(/C=C(/C)Cl)C(=O)CCCC1=O. The Hall–Kier alpha value is -0.890.